The molecule has 0 saturated heterocycles. The maximum Gasteiger partial charge on any atom is 0.273 e. The second-order valence-electron chi connectivity index (χ2n) is 9.76. The van der Waals surface area contributed by atoms with Gasteiger partial charge >= 0.3 is 0 Å². The van der Waals surface area contributed by atoms with Gasteiger partial charge in [-0.05, 0) is 36.1 Å². The van der Waals surface area contributed by atoms with Crippen LogP contribution in [0.4, 0.5) is 10.1 Å². The van der Waals surface area contributed by atoms with Gasteiger partial charge in [0.2, 0.25) is 11.8 Å². The van der Waals surface area contributed by atoms with Crippen molar-refractivity contribution in [3.8, 4) is 0 Å². The summed E-state index contributed by atoms with van der Waals surface area (Å²) in [7, 11) is 0. The van der Waals surface area contributed by atoms with Gasteiger partial charge < -0.3 is 10.2 Å². The number of para-hydroxylation sites is 1. The number of nitrogens with one attached hydrogen (secondary N) is 1. The lowest BCUT2D eigenvalue weighted by atomic mass is 9.94. The zero-order valence-electron chi connectivity index (χ0n) is 21.2. The van der Waals surface area contributed by atoms with E-state index in [1.807, 2.05) is 30.3 Å². The molecule has 38 heavy (non-hydrogen) atoms. The van der Waals surface area contributed by atoms with Crippen molar-refractivity contribution in [1.29, 1.82) is 0 Å². The quantitative estimate of drug-likeness (QED) is 0.289. The molecule has 0 spiro atoms. The minimum absolute atomic E-state index is 0.0486. The molecular formula is C30H32FN3O4. The summed E-state index contributed by atoms with van der Waals surface area (Å²) in [5.41, 5.74) is 1.68. The van der Waals surface area contributed by atoms with E-state index in [-0.39, 0.29) is 42.6 Å². The molecule has 1 aliphatic carbocycles. The number of nitrogens with zero attached hydrogens (tertiary/aromatic N) is 2. The second kappa shape index (κ2) is 12.9. The number of nitro benzene ring substituents is 1. The van der Waals surface area contributed by atoms with Gasteiger partial charge in [-0.15, -0.1) is 0 Å². The Morgan fingerprint density at radius 2 is 1.58 bits per heavy atom. The third-order valence-corrected chi connectivity index (χ3v) is 7.02. The van der Waals surface area contributed by atoms with Gasteiger partial charge in [0.15, 0.2) is 0 Å². The van der Waals surface area contributed by atoms with E-state index in [1.165, 1.54) is 23.1 Å². The van der Waals surface area contributed by atoms with Crippen LogP contribution in [0.2, 0.25) is 0 Å². The summed E-state index contributed by atoms with van der Waals surface area (Å²) in [6.07, 6.45) is 5.07. The summed E-state index contributed by atoms with van der Waals surface area (Å²) in [5, 5.41) is 14.7. The first-order valence-corrected chi connectivity index (χ1v) is 13.0. The molecule has 1 saturated carbocycles. The van der Waals surface area contributed by atoms with Crippen LogP contribution in [0, 0.1) is 15.9 Å². The smallest absolute Gasteiger partial charge is 0.273 e. The SMILES string of the molecule is O=C(NC1CCCCC1)[C@H](Cc1ccccc1)N(Cc1ccc(F)cc1)C(=O)Cc1ccccc1[N+](=O)[O-]. The van der Waals surface area contributed by atoms with Crippen LogP contribution in [0.5, 0.6) is 0 Å². The summed E-state index contributed by atoms with van der Waals surface area (Å²) in [6, 6.07) is 20.6. The number of carbonyl (C=O) groups excluding carboxylic acids is 2. The number of amides is 2. The van der Waals surface area contributed by atoms with Gasteiger partial charge in [0.25, 0.3) is 5.69 Å². The Bertz CT molecular complexity index is 1240. The third kappa shape index (κ3) is 7.25. The lowest BCUT2D eigenvalue weighted by Crippen LogP contribution is -2.53. The van der Waals surface area contributed by atoms with Gasteiger partial charge in [-0.2, -0.15) is 0 Å². The van der Waals surface area contributed by atoms with E-state index in [1.54, 1.807) is 30.3 Å². The topological polar surface area (TPSA) is 92.6 Å². The molecule has 198 valence electrons. The van der Waals surface area contributed by atoms with Crippen molar-refractivity contribution in [1.82, 2.24) is 10.2 Å². The van der Waals surface area contributed by atoms with Crippen LogP contribution in [0.25, 0.3) is 0 Å². The lowest BCUT2D eigenvalue weighted by molar-refractivity contribution is -0.385. The normalized spacial score (nSPS) is 14.4. The highest BCUT2D eigenvalue weighted by molar-refractivity contribution is 5.89. The predicted octanol–water partition coefficient (Wildman–Crippen LogP) is 5.37. The molecule has 0 aromatic heterocycles. The van der Waals surface area contributed by atoms with Gasteiger partial charge in [-0.1, -0.05) is 79.9 Å². The van der Waals surface area contributed by atoms with Crippen LogP contribution in [-0.2, 0) is 29.0 Å². The second-order valence-corrected chi connectivity index (χ2v) is 9.76. The summed E-state index contributed by atoms with van der Waals surface area (Å²) in [5.74, 6) is -1.07. The molecule has 4 rings (SSSR count). The summed E-state index contributed by atoms with van der Waals surface area (Å²) in [6.45, 7) is 0.0648. The molecule has 1 atom stereocenters. The van der Waals surface area contributed by atoms with Crippen LogP contribution >= 0.6 is 0 Å². The van der Waals surface area contributed by atoms with E-state index in [9.17, 15) is 24.1 Å². The fourth-order valence-electron chi connectivity index (χ4n) is 4.99. The van der Waals surface area contributed by atoms with Gasteiger partial charge in [0, 0.05) is 30.6 Å². The largest absolute Gasteiger partial charge is 0.352 e. The van der Waals surface area contributed by atoms with Crippen molar-refractivity contribution in [3.63, 3.8) is 0 Å². The van der Waals surface area contributed by atoms with Crippen LogP contribution in [-0.4, -0.2) is 33.7 Å². The Hall–Kier alpha value is -4.07. The zero-order valence-corrected chi connectivity index (χ0v) is 21.2. The number of rotatable bonds is 10. The molecule has 1 fully saturated rings. The molecule has 0 bridgehead atoms. The van der Waals surface area contributed by atoms with Crippen molar-refractivity contribution in [2.24, 2.45) is 0 Å². The molecule has 1 N–H and O–H groups in total. The third-order valence-electron chi connectivity index (χ3n) is 7.02. The van der Waals surface area contributed by atoms with Gasteiger partial charge in [0.05, 0.1) is 11.3 Å². The number of halogens is 1. The first kappa shape index (κ1) is 27.0. The van der Waals surface area contributed by atoms with E-state index in [0.29, 0.717) is 5.56 Å². The Kier molecular flexibility index (Phi) is 9.19. The predicted molar refractivity (Wildman–Crippen MR) is 143 cm³/mol. The van der Waals surface area contributed by atoms with E-state index in [0.717, 1.165) is 37.7 Å². The number of benzene rings is 3. The Labute approximate surface area is 221 Å². The summed E-state index contributed by atoms with van der Waals surface area (Å²) >= 11 is 0. The van der Waals surface area contributed by atoms with Gasteiger partial charge in [-0.25, -0.2) is 4.39 Å². The standard InChI is InChI=1S/C30H32FN3O4/c31-25-17-15-23(16-18-25)21-33(29(35)20-24-11-7-8-14-27(24)34(37)38)28(19-22-9-3-1-4-10-22)30(36)32-26-12-5-2-6-13-26/h1,3-4,7-11,14-18,26,28H,2,5-6,12-13,19-21H2,(H,32,36)/t28-/m0/s1. The molecule has 3 aromatic rings. The number of carbonyl (C=O) groups is 2. The first-order valence-electron chi connectivity index (χ1n) is 13.0. The highest BCUT2D eigenvalue weighted by Gasteiger charge is 2.32. The van der Waals surface area contributed by atoms with Crippen LogP contribution in [0.15, 0.2) is 78.9 Å². The van der Waals surface area contributed by atoms with E-state index in [2.05, 4.69) is 5.32 Å². The van der Waals surface area contributed by atoms with Crippen LogP contribution < -0.4 is 5.32 Å². The summed E-state index contributed by atoms with van der Waals surface area (Å²) < 4.78 is 13.6. The van der Waals surface area contributed by atoms with Crippen LogP contribution in [0.1, 0.15) is 48.8 Å². The number of nitro groups is 1. The lowest BCUT2D eigenvalue weighted by Gasteiger charge is -2.33. The van der Waals surface area contributed by atoms with Gasteiger partial charge in [0.1, 0.15) is 11.9 Å². The fraction of sp³-hybridized carbons (Fsp3) is 0.333. The molecule has 0 heterocycles. The summed E-state index contributed by atoms with van der Waals surface area (Å²) in [4.78, 5) is 40.1. The molecule has 7 nitrogen and oxygen atoms in total. The average Bonchev–Trinajstić information content (AvgIpc) is 2.93. The average molecular weight is 518 g/mol. The van der Waals surface area contributed by atoms with Crippen molar-refractivity contribution >= 4 is 17.5 Å². The maximum absolute atomic E-state index is 13.8. The minimum Gasteiger partial charge on any atom is -0.352 e. The Morgan fingerprint density at radius 3 is 2.26 bits per heavy atom. The first-order chi connectivity index (χ1) is 18.4. The van der Waals surface area contributed by atoms with Crippen molar-refractivity contribution in [3.05, 3.63) is 111 Å². The highest BCUT2D eigenvalue weighted by atomic mass is 19.1. The van der Waals surface area contributed by atoms with Crippen molar-refractivity contribution < 1.29 is 18.9 Å². The molecule has 1 aliphatic rings. The van der Waals surface area contributed by atoms with E-state index < -0.39 is 22.7 Å². The molecule has 0 radical (unpaired) electrons. The Balaban J connectivity index is 1.68. The molecular weight excluding hydrogens is 485 g/mol. The highest BCUT2D eigenvalue weighted by Crippen LogP contribution is 2.23. The molecule has 2 amide bonds. The number of hydrogen-bond acceptors (Lipinski definition) is 4. The monoisotopic (exact) mass is 517 g/mol. The van der Waals surface area contributed by atoms with Crippen molar-refractivity contribution in [2.45, 2.75) is 63.6 Å². The fourth-order valence-corrected chi connectivity index (χ4v) is 4.99. The maximum atomic E-state index is 13.8. The molecule has 0 aliphatic heterocycles. The molecule has 8 heteroatoms. The Morgan fingerprint density at radius 1 is 0.921 bits per heavy atom. The minimum atomic E-state index is -0.848. The van der Waals surface area contributed by atoms with Gasteiger partial charge in [-0.3, -0.25) is 19.7 Å². The molecule has 3 aromatic carbocycles. The van der Waals surface area contributed by atoms with Crippen LogP contribution in [0.3, 0.4) is 0 Å². The zero-order chi connectivity index (χ0) is 26.9. The van der Waals surface area contributed by atoms with E-state index in [4.69, 9.17) is 0 Å². The number of hydrogen-bond donors (Lipinski definition) is 1. The molecule has 0 unspecified atom stereocenters. The van der Waals surface area contributed by atoms with E-state index >= 15 is 0 Å². The van der Waals surface area contributed by atoms with Crippen molar-refractivity contribution in [2.75, 3.05) is 0 Å².